The van der Waals surface area contributed by atoms with Gasteiger partial charge in [-0.1, -0.05) is 76.3 Å². The number of esters is 1. The molecule has 6 atom stereocenters. The number of rotatable bonds is 7. The molecule has 5 bridgehead atoms. The zero-order valence-corrected chi connectivity index (χ0v) is 43.2. The van der Waals surface area contributed by atoms with E-state index in [0.29, 0.717) is 44.1 Å². The molecular weight excluding hydrogens is 933 g/mol. The quantitative estimate of drug-likeness (QED) is 0.108. The number of Topliss-reactive ketones (excluding diaryl/α,β-unsaturated/α-hetero) is 1. The van der Waals surface area contributed by atoms with E-state index in [1.807, 2.05) is 18.2 Å². The molecular formula is C56H72N6O11. The number of aromatic hydroxyl groups is 2. The summed E-state index contributed by atoms with van der Waals surface area (Å²) < 4.78 is 18.3. The van der Waals surface area contributed by atoms with Crippen LogP contribution in [0.15, 0.2) is 76.5 Å². The van der Waals surface area contributed by atoms with Crippen molar-refractivity contribution in [1.82, 2.24) is 14.7 Å². The predicted octanol–water partition coefficient (Wildman–Crippen LogP) is 5.74. The number of carbonyl (C=O) groups is 4. The Morgan fingerprint density at radius 1 is 0.945 bits per heavy atom. The van der Waals surface area contributed by atoms with Gasteiger partial charge in [-0.25, -0.2) is 4.99 Å². The highest BCUT2D eigenvalue weighted by Gasteiger charge is 2.50. The fourth-order valence-electron chi connectivity index (χ4n) is 10.7. The van der Waals surface area contributed by atoms with Crippen molar-refractivity contribution >= 4 is 40.0 Å². The number of phenolic OH excluding ortho intramolecular Hbond substituents is 2. The third kappa shape index (κ3) is 11.5. The number of piperidine rings is 1. The number of hydrogen-bond acceptors (Lipinski definition) is 15. The second-order valence-corrected chi connectivity index (χ2v) is 21.2. The number of nitrogens with one attached hydrogen (secondary N) is 1. The molecule has 17 heteroatoms. The molecule has 17 nitrogen and oxygen atoms in total. The number of likely N-dealkylation sites (tertiary alicyclic amines) is 1. The van der Waals surface area contributed by atoms with Crippen LogP contribution in [-0.2, 0) is 30.4 Å². The van der Waals surface area contributed by atoms with E-state index in [2.05, 4.69) is 46.1 Å². The molecule has 1 spiro atoms. The lowest BCUT2D eigenvalue weighted by molar-refractivity contribution is -0.155. The lowest BCUT2D eigenvalue weighted by Crippen LogP contribution is -2.47. The van der Waals surface area contributed by atoms with Gasteiger partial charge in [0, 0.05) is 107 Å². The molecule has 6 heterocycles. The molecule has 73 heavy (non-hydrogen) atoms. The summed E-state index contributed by atoms with van der Waals surface area (Å²) in [7, 11) is 0. The van der Waals surface area contributed by atoms with Crippen LogP contribution in [0.25, 0.3) is 10.8 Å². The Morgan fingerprint density at radius 3 is 2.41 bits per heavy atom. The number of aliphatic hydroxyl groups is 2. The van der Waals surface area contributed by atoms with Crippen molar-refractivity contribution < 1.29 is 53.8 Å². The van der Waals surface area contributed by atoms with Crippen LogP contribution in [0.4, 0.5) is 5.69 Å². The number of benzene rings is 3. The SMILES string of the molecule is C/C1=C/C=C/C(C)[C@H](O)[C@@H](C)C(O)C[C@H](OC(=O)CC(=O)N2CCCN(Cc3ccccc3)CC2)CC/C=C/O[C@@]2(C)Oc3c(C)c(O)c4c(O)c(c5c(c4c3C2=O)NC2(CCN(CC(C)C)CC2)N=5)=NC1=O. The fourth-order valence-corrected chi connectivity index (χ4v) is 10.7. The van der Waals surface area contributed by atoms with Crippen LogP contribution >= 0.6 is 0 Å². The first-order chi connectivity index (χ1) is 34.8. The zero-order valence-electron chi connectivity index (χ0n) is 43.2. The highest BCUT2D eigenvalue weighted by Crippen LogP contribution is 2.51. The van der Waals surface area contributed by atoms with Gasteiger partial charge in [0.1, 0.15) is 40.4 Å². The van der Waals surface area contributed by atoms with E-state index in [4.69, 9.17) is 19.2 Å². The second-order valence-electron chi connectivity index (χ2n) is 21.2. The van der Waals surface area contributed by atoms with Gasteiger partial charge in [0.05, 0.1) is 35.1 Å². The molecule has 3 aromatic carbocycles. The molecule has 0 saturated carbocycles. The fraction of sp³-hybridized carbons (Fsp3) is 0.536. The van der Waals surface area contributed by atoms with Gasteiger partial charge >= 0.3 is 11.8 Å². The van der Waals surface area contributed by atoms with Crippen molar-refractivity contribution in [2.24, 2.45) is 27.7 Å². The smallest absolute Gasteiger partial charge is 0.315 e. The van der Waals surface area contributed by atoms with Gasteiger partial charge in [0.2, 0.25) is 5.91 Å². The Kier molecular flexibility index (Phi) is 16.1. The molecule has 0 aliphatic carbocycles. The summed E-state index contributed by atoms with van der Waals surface area (Å²) in [5, 5.41) is 50.7. The van der Waals surface area contributed by atoms with Crippen molar-refractivity contribution in [2.45, 2.75) is 130 Å². The molecule has 5 N–H and O–H groups in total. The van der Waals surface area contributed by atoms with E-state index in [9.17, 15) is 39.6 Å². The lowest BCUT2D eigenvalue weighted by atomic mass is 9.86. The zero-order chi connectivity index (χ0) is 52.4. The van der Waals surface area contributed by atoms with E-state index >= 15 is 0 Å². The molecule has 2 amide bonds. The van der Waals surface area contributed by atoms with E-state index in [-0.39, 0.29) is 74.9 Å². The van der Waals surface area contributed by atoms with E-state index in [1.165, 1.54) is 24.8 Å². The van der Waals surface area contributed by atoms with Crippen LogP contribution in [-0.4, -0.2) is 134 Å². The van der Waals surface area contributed by atoms with Gasteiger partial charge in [-0.05, 0) is 50.7 Å². The van der Waals surface area contributed by atoms with Crippen molar-refractivity contribution in [3.8, 4) is 17.2 Å². The van der Waals surface area contributed by atoms with Crippen LogP contribution in [0.2, 0.25) is 0 Å². The molecule has 2 saturated heterocycles. The maximum atomic E-state index is 14.8. The lowest BCUT2D eigenvalue weighted by Gasteiger charge is -2.38. The Balaban J connectivity index is 1.08. The van der Waals surface area contributed by atoms with E-state index in [1.54, 1.807) is 50.8 Å². The summed E-state index contributed by atoms with van der Waals surface area (Å²) in [6.45, 7) is 18.0. The predicted molar refractivity (Wildman–Crippen MR) is 274 cm³/mol. The monoisotopic (exact) mass is 1000 g/mol. The Bertz CT molecular complexity index is 2820. The van der Waals surface area contributed by atoms with Gasteiger partial charge in [-0.3, -0.25) is 29.1 Å². The Labute approximate surface area is 426 Å². The minimum atomic E-state index is -1.93. The second kappa shape index (κ2) is 22.1. The first-order valence-corrected chi connectivity index (χ1v) is 25.9. The molecule has 0 radical (unpaired) electrons. The highest BCUT2D eigenvalue weighted by atomic mass is 16.7. The van der Waals surface area contributed by atoms with Crippen LogP contribution < -0.4 is 20.8 Å². The standard InChI is InChI=1S/C56H72N6O11/c1-33(2)31-61-24-20-56(21-25-61)58-46-43-44-50(67)37(6)52-45(43)53(69)55(7,73-52)71-28-12-11-19-39(72-42(65)30-41(64)62-23-14-22-60(26-27-62)32-38-17-9-8-10-18-38)29-40(63)36(5)49(66)34(3)15-13-16-35(4)54(70)57-48(51(44)68)47(46)59-56/h8-10,12-13,15-18,28,33-34,36,39-40,49,58,63,66-68H,11,14,19-27,29-32H2,1-7H3/b15-13+,28-12+,35-16-,57-48?/t34?,36-,39+,40?,49-,55-/m0/s1. The number of carbonyl (C=O) groups excluding carboxylic acids is 4. The minimum Gasteiger partial charge on any atom is -0.507 e. The first kappa shape index (κ1) is 53.2. The van der Waals surface area contributed by atoms with Crippen LogP contribution in [0.1, 0.15) is 108 Å². The number of hydrogen-bond donors (Lipinski definition) is 5. The molecule has 6 aliphatic rings. The summed E-state index contributed by atoms with van der Waals surface area (Å²) in [6.07, 6.45) is 6.59. The first-order valence-electron chi connectivity index (χ1n) is 25.9. The molecule has 6 aliphatic heterocycles. The van der Waals surface area contributed by atoms with Gasteiger partial charge in [0.25, 0.3) is 11.7 Å². The van der Waals surface area contributed by atoms with Crippen molar-refractivity contribution in [2.75, 3.05) is 51.1 Å². The number of ketones is 1. The summed E-state index contributed by atoms with van der Waals surface area (Å²) in [6, 6.07) is 10.1. The Hall–Kier alpha value is -6.14. The number of amides is 2. The number of allylic oxidation sites excluding steroid dienone is 3. The number of ether oxygens (including phenoxy) is 3. The summed E-state index contributed by atoms with van der Waals surface area (Å²) in [5.41, 5.74) is 1.07. The van der Waals surface area contributed by atoms with E-state index < -0.39 is 71.4 Å². The van der Waals surface area contributed by atoms with Crippen LogP contribution in [0.3, 0.4) is 0 Å². The number of aliphatic hydroxyl groups excluding tert-OH is 2. The molecule has 3 aromatic rings. The molecule has 392 valence electrons. The summed E-state index contributed by atoms with van der Waals surface area (Å²) in [4.78, 5) is 71.7. The van der Waals surface area contributed by atoms with Crippen LogP contribution in [0.5, 0.6) is 17.2 Å². The van der Waals surface area contributed by atoms with Gasteiger partial charge in [-0.2, -0.15) is 0 Å². The average Bonchev–Trinajstić information content (AvgIpc) is 3.73. The topological polar surface area (TPSA) is 223 Å². The van der Waals surface area contributed by atoms with Gasteiger partial charge in [-0.15, -0.1) is 0 Å². The normalized spacial score (nSPS) is 27.8. The minimum absolute atomic E-state index is 0.0443. The summed E-state index contributed by atoms with van der Waals surface area (Å²) >= 11 is 0. The number of nitrogens with zero attached hydrogens (tertiary/aromatic N) is 5. The van der Waals surface area contributed by atoms with Crippen LogP contribution in [0, 0.1) is 24.7 Å². The maximum Gasteiger partial charge on any atom is 0.315 e. The molecule has 9 rings (SSSR count). The van der Waals surface area contributed by atoms with Gasteiger partial charge < -0.3 is 49.8 Å². The number of anilines is 1. The van der Waals surface area contributed by atoms with E-state index in [0.717, 1.165) is 39.1 Å². The third-order valence-corrected chi connectivity index (χ3v) is 15.1. The number of phenols is 2. The van der Waals surface area contributed by atoms with Gasteiger partial charge in [0.15, 0.2) is 5.75 Å². The number of fused-ring (bicyclic) bond motifs is 13. The third-order valence-electron chi connectivity index (χ3n) is 15.1. The molecule has 2 unspecified atom stereocenters. The average molecular weight is 1010 g/mol. The largest absolute Gasteiger partial charge is 0.507 e. The summed E-state index contributed by atoms with van der Waals surface area (Å²) in [5.74, 6) is -5.86. The molecule has 0 aromatic heterocycles. The van der Waals surface area contributed by atoms with Crippen molar-refractivity contribution in [3.63, 3.8) is 0 Å². The molecule has 2 fully saturated rings. The maximum absolute atomic E-state index is 14.8. The Morgan fingerprint density at radius 2 is 1.68 bits per heavy atom. The van der Waals surface area contributed by atoms with Crippen molar-refractivity contribution in [1.29, 1.82) is 0 Å². The van der Waals surface area contributed by atoms with Crippen molar-refractivity contribution in [3.05, 3.63) is 93.9 Å². The highest BCUT2D eigenvalue weighted by molar-refractivity contribution is 6.21.